The Morgan fingerprint density at radius 2 is 1.77 bits per heavy atom. The van der Waals surface area contributed by atoms with Gasteiger partial charge in [-0.05, 0) is 31.2 Å². The molecule has 2 unspecified atom stereocenters. The van der Waals surface area contributed by atoms with Crippen molar-refractivity contribution < 1.29 is 0 Å². The molecule has 2 atom stereocenters. The summed E-state index contributed by atoms with van der Waals surface area (Å²) in [6.07, 6.45) is 6.97. The van der Waals surface area contributed by atoms with Crippen LogP contribution in [-0.2, 0) is 6.42 Å². The van der Waals surface area contributed by atoms with E-state index in [1.165, 1.54) is 5.56 Å². The molecule has 1 aromatic heterocycles. The van der Waals surface area contributed by atoms with E-state index in [0.717, 1.165) is 29.9 Å². The molecular formula is C22H30N4. The number of hydrogen-bond acceptors (Lipinski definition) is 4. The van der Waals surface area contributed by atoms with Crippen molar-refractivity contribution in [3.8, 4) is 0 Å². The third-order valence-corrected chi connectivity index (χ3v) is 4.18. The van der Waals surface area contributed by atoms with E-state index in [2.05, 4.69) is 78.8 Å². The van der Waals surface area contributed by atoms with Gasteiger partial charge in [-0.1, -0.05) is 57.3 Å². The fourth-order valence-electron chi connectivity index (χ4n) is 3.03. The van der Waals surface area contributed by atoms with Gasteiger partial charge < -0.3 is 10.6 Å². The lowest BCUT2D eigenvalue weighted by molar-refractivity contribution is 0.453. The van der Waals surface area contributed by atoms with Crippen molar-refractivity contribution in [2.24, 2.45) is 5.92 Å². The summed E-state index contributed by atoms with van der Waals surface area (Å²) in [5.41, 5.74) is 3.70. The van der Waals surface area contributed by atoms with E-state index >= 15 is 0 Å². The zero-order valence-electron chi connectivity index (χ0n) is 16.1. The van der Waals surface area contributed by atoms with Crippen molar-refractivity contribution in [3.63, 3.8) is 0 Å². The Bertz CT molecular complexity index is 695. The average molecular weight is 351 g/mol. The van der Waals surface area contributed by atoms with Gasteiger partial charge in [-0.25, -0.2) is 0 Å². The highest BCUT2D eigenvalue weighted by Crippen LogP contribution is 2.14. The van der Waals surface area contributed by atoms with Crippen LogP contribution in [-0.4, -0.2) is 22.1 Å². The second kappa shape index (κ2) is 9.76. The summed E-state index contributed by atoms with van der Waals surface area (Å²) in [7, 11) is 0. The summed E-state index contributed by atoms with van der Waals surface area (Å²) in [5.74, 6) is 0.639. The Balaban J connectivity index is 2.10. The highest BCUT2D eigenvalue weighted by atomic mass is 15.0. The molecule has 0 fully saturated rings. The molecule has 26 heavy (non-hydrogen) atoms. The van der Waals surface area contributed by atoms with Gasteiger partial charge in [-0.3, -0.25) is 9.97 Å². The van der Waals surface area contributed by atoms with Crippen LogP contribution in [0.5, 0.6) is 0 Å². The van der Waals surface area contributed by atoms with Gasteiger partial charge in [0.1, 0.15) is 5.69 Å². The topological polar surface area (TPSA) is 49.8 Å². The molecule has 2 aromatic rings. The number of rotatable bonds is 10. The van der Waals surface area contributed by atoms with Crippen LogP contribution in [0, 0.1) is 5.92 Å². The summed E-state index contributed by atoms with van der Waals surface area (Å²) in [6, 6.07) is 10.8. The van der Waals surface area contributed by atoms with E-state index < -0.39 is 0 Å². The van der Waals surface area contributed by atoms with Crippen molar-refractivity contribution in [1.29, 1.82) is 0 Å². The maximum absolute atomic E-state index is 4.32. The largest absolute Gasteiger partial charge is 0.385 e. The van der Waals surface area contributed by atoms with Gasteiger partial charge in [0.05, 0.1) is 17.9 Å². The molecule has 4 heteroatoms. The van der Waals surface area contributed by atoms with E-state index in [4.69, 9.17) is 0 Å². The molecule has 0 aliphatic carbocycles. The van der Waals surface area contributed by atoms with Crippen LogP contribution in [0.4, 0.5) is 0 Å². The third-order valence-electron chi connectivity index (χ3n) is 4.18. The highest BCUT2D eigenvalue weighted by Gasteiger charge is 2.17. The van der Waals surface area contributed by atoms with Crippen LogP contribution in [0.2, 0.25) is 0 Å². The maximum Gasteiger partial charge on any atom is 0.104 e. The van der Waals surface area contributed by atoms with Crippen LogP contribution in [0.3, 0.4) is 0 Å². The van der Waals surface area contributed by atoms with Crippen molar-refractivity contribution in [2.45, 2.75) is 45.7 Å². The van der Waals surface area contributed by atoms with Crippen molar-refractivity contribution in [1.82, 2.24) is 20.6 Å². The van der Waals surface area contributed by atoms with E-state index in [1.807, 2.05) is 6.07 Å². The molecule has 0 radical (unpaired) electrons. The minimum absolute atomic E-state index is 0.0153. The third kappa shape index (κ3) is 6.36. The Morgan fingerprint density at radius 3 is 2.38 bits per heavy atom. The summed E-state index contributed by atoms with van der Waals surface area (Å²) in [4.78, 5) is 8.45. The summed E-state index contributed by atoms with van der Waals surface area (Å²) >= 11 is 0. The number of nitrogens with zero attached hydrogens (tertiary/aromatic N) is 2. The van der Waals surface area contributed by atoms with E-state index in [-0.39, 0.29) is 6.04 Å². The van der Waals surface area contributed by atoms with Crippen LogP contribution in [0.25, 0.3) is 5.70 Å². The lowest BCUT2D eigenvalue weighted by atomic mass is 10.0. The first kappa shape index (κ1) is 19.7. The zero-order valence-corrected chi connectivity index (χ0v) is 16.1. The zero-order chi connectivity index (χ0) is 18.9. The molecule has 0 spiro atoms. The van der Waals surface area contributed by atoms with Gasteiger partial charge in [0, 0.05) is 24.1 Å². The number of hydrogen-bond donors (Lipinski definition) is 2. The average Bonchev–Trinajstić information content (AvgIpc) is 2.62. The molecule has 0 amide bonds. The van der Waals surface area contributed by atoms with Gasteiger partial charge in [-0.2, -0.15) is 0 Å². The molecule has 0 saturated heterocycles. The molecule has 4 nitrogen and oxygen atoms in total. The summed E-state index contributed by atoms with van der Waals surface area (Å²) in [5, 5.41) is 7.04. The van der Waals surface area contributed by atoms with Gasteiger partial charge in [0.25, 0.3) is 0 Å². The van der Waals surface area contributed by atoms with Crippen molar-refractivity contribution >= 4 is 5.70 Å². The molecule has 2 rings (SSSR count). The lowest BCUT2D eigenvalue weighted by Crippen LogP contribution is -2.40. The first-order valence-electron chi connectivity index (χ1n) is 9.16. The van der Waals surface area contributed by atoms with Crippen LogP contribution >= 0.6 is 0 Å². The number of aromatic nitrogens is 2. The summed E-state index contributed by atoms with van der Waals surface area (Å²) in [6.45, 7) is 15.1. The minimum Gasteiger partial charge on any atom is -0.385 e. The Kier molecular flexibility index (Phi) is 7.39. The molecule has 0 bridgehead atoms. The van der Waals surface area contributed by atoms with E-state index in [9.17, 15) is 0 Å². The fourth-order valence-corrected chi connectivity index (χ4v) is 3.03. The quantitative estimate of drug-likeness (QED) is 0.675. The number of nitrogens with one attached hydrogen (secondary N) is 2. The second-order valence-corrected chi connectivity index (χ2v) is 7.16. The van der Waals surface area contributed by atoms with Crippen LogP contribution in [0.1, 0.15) is 38.4 Å². The fraction of sp³-hybridized carbons (Fsp3) is 0.364. The van der Waals surface area contributed by atoms with E-state index in [1.54, 1.807) is 18.6 Å². The predicted molar refractivity (Wildman–Crippen MR) is 109 cm³/mol. The Hall–Kier alpha value is -2.62. The predicted octanol–water partition coefficient (Wildman–Crippen LogP) is 4.19. The molecule has 1 heterocycles. The molecule has 2 N–H and O–H groups in total. The van der Waals surface area contributed by atoms with Gasteiger partial charge in [-0.15, -0.1) is 0 Å². The second-order valence-electron chi connectivity index (χ2n) is 7.16. The smallest absolute Gasteiger partial charge is 0.104 e. The number of benzene rings is 1. The molecule has 1 aromatic carbocycles. The van der Waals surface area contributed by atoms with Gasteiger partial charge in [0.15, 0.2) is 0 Å². The molecular weight excluding hydrogens is 320 g/mol. The van der Waals surface area contributed by atoms with Gasteiger partial charge in [0.2, 0.25) is 0 Å². The monoisotopic (exact) mass is 350 g/mol. The van der Waals surface area contributed by atoms with Crippen molar-refractivity contribution in [2.75, 3.05) is 0 Å². The first-order valence-corrected chi connectivity index (χ1v) is 9.16. The standard InChI is InChI=1S/C22H30N4/c1-16(2)13-17(3)25-18(4)21(14-20-9-7-6-8-10-20)26-19(5)22-15-23-11-12-24-22/h6-12,15-17,21,25-26H,4-5,13-14H2,1-3H3. The minimum atomic E-state index is 0.0153. The van der Waals surface area contributed by atoms with Crippen molar-refractivity contribution in [3.05, 3.63) is 79.0 Å². The lowest BCUT2D eigenvalue weighted by Gasteiger charge is -2.27. The molecule has 0 aliphatic rings. The Labute approximate surface area is 157 Å². The molecule has 0 saturated carbocycles. The normalized spacial score (nSPS) is 13.1. The highest BCUT2D eigenvalue weighted by molar-refractivity contribution is 5.57. The molecule has 138 valence electrons. The summed E-state index contributed by atoms with van der Waals surface area (Å²) < 4.78 is 0. The van der Waals surface area contributed by atoms with E-state index in [0.29, 0.717) is 12.0 Å². The first-order chi connectivity index (χ1) is 12.5. The van der Waals surface area contributed by atoms with Crippen LogP contribution in [0.15, 0.2) is 67.8 Å². The SMILES string of the molecule is C=C(NC(Cc1ccccc1)C(=C)NC(C)CC(C)C)c1cnccn1. The maximum atomic E-state index is 4.32. The molecule has 0 aliphatic heterocycles. The van der Waals surface area contributed by atoms with Crippen LogP contribution < -0.4 is 10.6 Å². The van der Waals surface area contributed by atoms with Gasteiger partial charge >= 0.3 is 0 Å². The Morgan fingerprint density at radius 1 is 1.04 bits per heavy atom.